The third-order valence-corrected chi connectivity index (χ3v) is 1.00. The zero-order chi connectivity index (χ0) is 8.15. The Labute approximate surface area is 60.6 Å². The molecule has 0 spiro atoms. The molecule has 0 bridgehead atoms. The fourth-order valence-electron chi connectivity index (χ4n) is 0.782. The van der Waals surface area contributed by atoms with Gasteiger partial charge >= 0.3 is 0 Å². The molecule has 0 saturated carbocycles. The van der Waals surface area contributed by atoms with Crippen LogP contribution in [0.25, 0.3) is 0 Å². The van der Waals surface area contributed by atoms with Gasteiger partial charge in [0.25, 0.3) is 0 Å². The molecular weight excluding hydrogens is 132 g/mol. The SMILES string of the molecule is CC(O)CN(C)CC(N)=O. The maximum atomic E-state index is 10.3. The summed E-state index contributed by atoms with van der Waals surface area (Å²) in [4.78, 5) is 12.0. The summed E-state index contributed by atoms with van der Waals surface area (Å²) in [5.74, 6) is -0.372. The average Bonchev–Trinajstić information content (AvgIpc) is 1.58. The fourth-order valence-corrected chi connectivity index (χ4v) is 0.782. The summed E-state index contributed by atoms with van der Waals surface area (Å²) in [5.41, 5.74) is 4.91. The lowest BCUT2D eigenvalue weighted by atomic mass is 10.4. The average molecular weight is 146 g/mol. The van der Waals surface area contributed by atoms with E-state index in [4.69, 9.17) is 10.8 Å². The predicted molar refractivity (Wildman–Crippen MR) is 38.4 cm³/mol. The summed E-state index contributed by atoms with van der Waals surface area (Å²) in [6, 6.07) is 0. The molecule has 0 aliphatic rings. The van der Waals surface area contributed by atoms with Gasteiger partial charge in [-0.25, -0.2) is 0 Å². The van der Waals surface area contributed by atoms with Crippen molar-refractivity contribution in [1.29, 1.82) is 0 Å². The Hall–Kier alpha value is -0.610. The molecule has 0 aromatic carbocycles. The number of carbonyl (C=O) groups is 1. The van der Waals surface area contributed by atoms with Crippen LogP contribution in [0.4, 0.5) is 0 Å². The molecule has 1 atom stereocenters. The van der Waals surface area contributed by atoms with Crippen molar-refractivity contribution in [3.05, 3.63) is 0 Å². The first-order valence-corrected chi connectivity index (χ1v) is 3.17. The van der Waals surface area contributed by atoms with Crippen molar-refractivity contribution in [1.82, 2.24) is 4.90 Å². The van der Waals surface area contributed by atoms with Gasteiger partial charge in [-0.1, -0.05) is 0 Å². The Morgan fingerprint density at radius 2 is 2.30 bits per heavy atom. The number of rotatable bonds is 4. The Morgan fingerprint density at radius 1 is 1.80 bits per heavy atom. The van der Waals surface area contributed by atoms with Crippen molar-refractivity contribution < 1.29 is 9.90 Å². The van der Waals surface area contributed by atoms with Gasteiger partial charge in [-0.2, -0.15) is 0 Å². The summed E-state index contributed by atoms with van der Waals surface area (Å²) in [6.45, 7) is 2.34. The summed E-state index contributed by atoms with van der Waals surface area (Å²) in [5, 5.41) is 8.84. The molecule has 0 heterocycles. The van der Waals surface area contributed by atoms with Gasteiger partial charge < -0.3 is 10.8 Å². The van der Waals surface area contributed by atoms with Gasteiger partial charge in [-0.05, 0) is 14.0 Å². The van der Waals surface area contributed by atoms with Crippen LogP contribution in [-0.2, 0) is 4.79 Å². The van der Waals surface area contributed by atoms with Crippen LogP contribution in [0.5, 0.6) is 0 Å². The van der Waals surface area contributed by atoms with Crippen LogP contribution < -0.4 is 5.73 Å². The third kappa shape index (κ3) is 5.53. The second kappa shape index (κ2) is 4.24. The molecule has 0 rings (SSSR count). The number of amides is 1. The van der Waals surface area contributed by atoms with E-state index in [-0.39, 0.29) is 12.5 Å². The monoisotopic (exact) mass is 146 g/mol. The number of nitrogens with two attached hydrogens (primary N) is 1. The first-order chi connectivity index (χ1) is 4.52. The molecule has 4 heteroatoms. The zero-order valence-corrected chi connectivity index (χ0v) is 6.37. The number of aliphatic hydroxyl groups excluding tert-OH is 1. The van der Waals surface area contributed by atoms with E-state index in [1.54, 1.807) is 18.9 Å². The Bertz CT molecular complexity index is 114. The minimum atomic E-state index is -0.413. The normalized spacial score (nSPS) is 13.6. The summed E-state index contributed by atoms with van der Waals surface area (Å²) in [6.07, 6.45) is -0.413. The first-order valence-electron chi connectivity index (χ1n) is 3.17. The van der Waals surface area contributed by atoms with Gasteiger partial charge in [-0.3, -0.25) is 9.69 Å². The van der Waals surface area contributed by atoms with Crippen LogP contribution in [0.1, 0.15) is 6.92 Å². The van der Waals surface area contributed by atoms with Gasteiger partial charge in [0.05, 0.1) is 12.6 Å². The van der Waals surface area contributed by atoms with Gasteiger partial charge in [0.2, 0.25) is 5.91 Å². The maximum absolute atomic E-state index is 10.3. The van der Waals surface area contributed by atoms with E-state index >= 15 is 0 Å². The fraction of sp³-hybridized carbons (Fsp3) is 0.833. The molecule has 0 aromatic rings. The molecule has 0 aliphatic heterocycles. The van der Waals surface area contributed by atoms with Crippen molar-refractivity contribution in [3.63, 3.8) is 0 Å². The maximum Gasteiger partial charge on any atom is 0.231 e. The molecule has 0 radical (unpaired) electrons. The smallest absolute Gasteiger partial charge is 0.231 e. The van der Waals surface area contributed by atoms with Crippen molar-refractivity contribution >= 4 is 5.91 Å². The molecule has 1 amide bonds. The number of hydrogen-bond acceptors (Lipinski definition) is 3. The van der Waals surface area contributed by atoms with Crippen LogP contribution in [0.2, 0.25) is 0 Å². The van der Waals surface area contributed by atoms with E-state index in [1.165, 1.54) is 0 Å². The molecule has 1 unspecified atom stereocenters. The first kappa shape index (κ1) is 9.39. The number of aliphatic hydroxyl groups is 1. The van der Waals surface area contributed by atoms with E-state index in [2.05, 4.69) is 0 Å². The minimum Gasteiger partial charge on any atom is -0.392 e. The van der Waals surface area contributed by atoms with Crippen LogP contribution in [0, 0.1) is 0 Å². The lowest BCUT2D eigenvalue weighted by Gasteiger charge is -2.15. The van der Waals surface area contributed by atoms with Gasteiger partial charge in [0.15, 0.2) is 0 Å². The molecule has 0 saturated heterocycles. The van der Waals surface area contributed by atoms with E-state index < -0.39 is 6.10 Å². The third-order valence-electron chi connectivity index (χ3n) is 1.00. The Kier molecular flexibility index (Phi) is 3.99. The highest BCUT2D eigenvalue weighted by atomic mass is 16.3. The van der Waals surface area contributed by atoms with Crippen molar-refractivity contribution in [3.8, 4) is 0 Å². The molecule has 10 heavy (non-hydrogen) atoms. The molecule has 60 valence electrons. The van der Waals surface area contributed by atoms with E-state index in [0.717, 1.165) is 0 Å². The van der Waals surface area contributed by atoms with Gasteiger partial charge in [0.1, 0.15) is 0 Å². The Balaban J connectivity index is 3.43. The Morgan fingerprint density at radius 3 is 2.60 bits per heavy atom. The lowest BCUT2D eigenvalue weighted by Crippen LogP contribution is -2.35. The van der Waals surface area contributed by atoms with Crippen LogP contribution in [0.3, 0.4) is 0 Å². The molecule has 4 nitrogen and oxygen atoms in total. The largest absolute Gasteiger partial charge is 0.392 e. The minimum absolute atomic E-state index is 0.199. The number of carbonyl (C=O) groups excluding carboxylic acids is 1. The topological polar surface area (TPSA) is 66.6 Å². The van der Waals surface area contributed by atoms with E-state index in [1.807, 2.05) is 0 Å². The number of hydrogen-bond donors (Lipinski definition) is 2. The molecular formula is C6H14N2O2. The highest BCUT2D eigenvalue weighted by molar-refractivity contribution is 5.75. The summed E-state index contributed by atoms with van der Waals surface area (Å²) in [7, 11) is 1.73. The van der Waals surface area contributed by atoms with Crippen molar-refractivity contribution in [2.24, 2.45) is 5.73 Å². The zero-order valence-electron chi connectivity index (χ0n) is 6.37. The quantitative estimate of drug-likeness (QED) is 0.522. The van der Waals surface area contributed by atoms with Crippen LogP contribution in [-0.4, -0.2) is 42.2 Å². The van der Waals surface area contributed by atoms with Crippen molar-refractivity contribution in [2.75, 3.05) is 20.1 Å². The second-order valence-corrected chi connectivity index (χ2v) is 2.51. The molecule has 0 aliphatic carbocycles. The number of nitrogens with zero attached hydrogens (tertiary/aromatic N) is 1. The number of primary amides is 1. The van der Waals surface area contributed by atoms with Crippen LogP contribution in [0.15, 0.2) is 0 Å². The van der Waals surface area contributed by atoms with Gasteiger partial charge in [-0.15, -0.1) is 0 Å². The highest BCUT2D eigenvalue weighted by Gasteiger charge is 2.04. The molecule has 3 N–H and O–H groups in total. The predicted octanol–water partition coefficient (Wildman–Crippen LogP) is -1.22. The second-order valence-electron chi connectivity index (χ2n) is 2.51. The van der Waals surface area contributed by atoms with Gasteiger partial charge in [0, 0.05) is 6.54 Å². The summed E-state index contributed by atoms with van der Waals surface area (Å²) >= 11 is 0. The number of likely N-dealkylation sites (N-methyl/N-ethyl adjacent to an activating group) is 1. The lowest BCUT2D eigenvalue weighted by molar-refractivity contribution is -0.119. The standard InChI is InChI=1S/C6H14N2O2/c1-5(9)3-8(2)4-6(7)10/h5,9H,3-4H2,1-2H3,(H2,7,10). The summed E-state index contributed by atoms with van der Waals surface area (Å²) < 4.78 is 0. The van der Waals surface area contributed by atoms with Crippen LogP contribution >= 0.6 is 0 Å². The van der Waals surface area contributed by atoms with Crippen molar-refractivity contribution in [2.45, 2.75) is 13.0 Å². The molecule has 0 fully saturated rings. The molecule has 0 aromatic heterocycles. The van der Waals surface area contributed by atoms with E-state index in [0.29, 0.717) is 6.54 Å². The highest BCUT2D eigenvalue weighted by Crippen LogP contribution is 1.85. The van der Waals surface area contributed by atoms with E-state index in [9.17, 15) is 4.79 Å².